The van der Waals surface area contributed by atoms with Crippen molar-refractivity contribution in [2.24, 2.45) is 5.41 Å². The Balaban J connectivity index is 2.79. The van der Waals surface area contributed by atoms with Gasteiger partial charge in [-0.1, -0.05) is 44.5 Å². The normalized spacial score (nSPS) is 14.7. The van der Waals surface area contributed by atoms with Gasteiger partial charge in [-0.25, -0.2) is 0 Å². The quantitative estimate of drug-likeness (QED) is 0.645. The molecule has 0 nitrogen and oxygen atoms in total. The molecule has 0 amide bonds. The molecule has 0 saturated heterocycles. The van der Waals surface area contributed by atoms with Crippen LogP contribution in [0.3, 0.4) is 0 Å². The summed E-state index contributed by atoms with van der Waals surface area (Å²) < 4.78 is 0. The van der Waals surface area contributed by atoms with Gasteiger partial charge in [0.05, 0.1) is 0 Å². The fourth-order valence-corrected chi connectivity index (χ4v) is 3.16. The first kappa shape index (κ1) is 13.0. The molecule has 84 valence electrons. The summed E-state index contributed by atoms with van der Waals surface area (Å²) >= 11 is 5.89. The van der Waals surface area contributed by atoms with Crippen molar-refractivity contribution in [3.05, 3.63) is 34.9 Å². The Morgan fingerprint density at radius 1 is 1.20 bits per heavy atom. The Kier molecular flexibility index (Phi) is 4.62. The van der Waals surface area contributed by atoms with Gasteiger partial charge in [-0.2, -0.15) is 0 Å². The van der Waals surface area contributed by atoms with E-state index >= 15 is 0 Å². The molecule has 0 aliphatic rings. The van der Waals surface area contributed by atoms with Gasteiger partial charge in [0, 0.05) is 10.7 Å². The lowest BCUT2D eigenvalue weighted by atomic mass is 9.88. The van der Waals surface area contributed by atoms with E-state index in [1.54, 1.807) is 0 Å². The molecular weight excluding hydrogens is 223 g/mol. The van der Waals surface area contributed by atoms with E-state index in [1.165, 1.54) is 12.0 Å². The molecule has 0 saturated carbocycles. The monoisotopic (exact) mass is 242 g/mol. The lowest BCUT2D eigenvalue weighted by Gasteiger charge is -2.25. The summed E-state index contributed by atoms with van der Waals surface area (Å²) in [5.74, 6) is 0. The van der Waals surface area contributed by atoms with E-state index in [2.05, 4.69) is 39.6 Å². The maximum absolute atomic E-state index is 5.89. The third kappa shape index (κ3) is 4.53. The minimum absolute atomic E-state index is 0.396. The summed E-state index contributed by atoms with van der Waals surface area (Å²) in [7, 11) is 0.954. The maximum atomic E-state index is 5.89. The van der Waals surface area contributed by atoms with E-state index in [9.17, 15) is 0 Å². The van der Waals surface area contributed by atoms with Crippen molar-refractivity contribution in [1.82, 2.24) is 0 Å². The SMILES string of the molecule is CPC(CC(C)(C)C)c1ccc(Cl)cc1. The highest BCUT2D eigenvalue weighted by molar-refractivity contribution is 7.37. The summed E-state index contributed by atoms with van der Waals surface area (Å²) in [5.41, 5.74) is 2.50. The molecule has 2 heteroatoms. The van der Waals surface area contributed by atoms with Crippen molar-refractivity contribution in [3.8, 4) is 0 Å². The van der Waals surface area contributed by atoms with Crippen molar-refractivity contribution < 1.29 is 0 Å². The van der Waals surface area contributed by atoms with Gasteiger partial charge < -0.3 is 0 Å². The van der Waals surface area contributed by atoms with Crippen molar-refractivity contribution in [1.29, 1.82) is 0 Å². The topological polar surface area (TPSA) is 0 Å². The average molecular weight is 243 g/mol. The van der Waals surface area contributed by atoms with Crippen LogP contribution in [0.5, 0.6) is 0 Å². The van der Waals surface area contributed by atoms with Gasteiger partial charge in [0.25, 0.3) is 0 Å². The minimum atomic E-state index is 0.396. The zero-order valence-corrected chi connectivity index (χ0v) is 11.7. The molecule has 2 unspecified atom stereocenters. The van der Waals surface area contributed by atoms with Crippen LogP contribution in [0.1, 0.15) is 38.4 Å². The first-order chi connectivity index (χ1) is 6.92. The van der Waals surface area contributed by atoms with Crippen LogP contribution in [0.4, 0.5) is 0 Å². The highest BCUT2D eigenvalue weighted by Gasteiger charge is 2.18. The maximum Gasteiger partial charge on any atom is 0.0406 e. The standard InChI is InChI=1S/C13H20ClP/c1-13(2,3)9-12(15-4)10-5-7-11(14)8-6-10/h5-8,12,15H,9H2,1-4H3. The number of hydrogen-bond acceptors (Lipinski definition) is 0. The highest BCUT2D eigenvalue weighted by Crippen LogP contribution is 2.41. The average Bonchev–Trinajstić information content (AvgIpc) is 2.14. The third-order valence-corrected chi connectivity index (χ3v) is 3.92. The van der Waals surface area contributed by atoms with Crippen LogP contribution in [0.25, 0.3) is 0 Å². The Bertz CT molecular complexity index is 297. The second-order valence-electron chi connectivity index (χ2n) is 5.16. The van der Waals surface area contributed by atoms with E-state index in [0.29, 0.717) is 11.1 Å². The molecule has 0 radical (unpaired) electrons. The van der Waals surface area contributed by atoms with Gasteiger partial charge in [0.2, 0.25) is 0 Å². The molecule has 0 N–H and O–H groups in total. The Hall–Kier alpha value is -0.0600. The van der Waals surface area contributed by atoms with Crippen LogP contribution in [0.2, 0.25) is 5.02 Å². The Morgan fingerprint density at radius 3 is 2.13 bits per heavy atom. The smallest absolute Gasteiger partial charge is 0.0406 e. The van der Waals surface area contributed by atoms with Gasteiger partial charge >= 0.3 is 0 Å². The second kappa shape index (κ2) is 5.32. The highest BCUT2D eigenvalue weighted by atomic mass is 35.5. The summed E-state index contributed by atoms with van der Waals surface area (Å²) in [6, 6.07) is 8.31. The van der Waals surface area contributed by atoms with Gasteiger partial charge in [-0.3, -0.25) is 0 Å². The van der Waals surface area contributed by atoms with E-state index in [4.69, 9.17) is 11.6 Å². The molecule has 0 aromatic heterocycles. The van der Waals surface area contributed by atoms with Gasteiger partial charge in [-0.05, 0) is 36.2 Å². The first-order valence-corrected chi connectivity index (χ1v) is 7.30. The molecule has 0 aliphatic heterocycles. The fourth-order valence-electron chi connectivity index (χ4n) is 1.69. The van der Waals surface area contributed by atoms with Crippen molar-refractivity contribution in [3.63, 3.8) is 0 Å². The van der Waals surface area contributed by atoms with E-state index in [1.807, 2.05) is 12.1 Å². The molecule has 0 aliphatic carbocycles. The fraction of sp³-hybridized carbons (Fsp3) is 0.538. The molecule has 15 heavy (non-hydrogen) atoms. The molecule has 0 bridgehead atoms. The van der Waals surface area contributed by atoms with E-state index < -0.39 is 0 Å². The molecule has 1 rings (SSSR count). The van der Waals surface area contributed by atoms with E-state index in [0.717, 1.165) is 13.6 Å². The van der Waals surface area contributed by atoms with Crippen LogP contribution >= 0.6 is 20.2 Å². The lowest BCUT2D eigenvalue weighted by Crippen LogP contribution is -2.09. The van der Waals surface area contributed by atoms with E-state index in [-0.39, 0.29) is 0 Å². The predicted octanol–water partition coefficient (Wildman–Crippen LogP) is 5.13. The third-order valence-electron chi connectivity index (χ3n) is 2.44. The molecule has 1 aromatic rings. The molecule has 0 fully saturated rings. The van der Waals surface area contributed by atoms with Crippen LogP contribution in [0, 0.1) is 5.41 Å². The van der Waals surface area contributed by atoms with Crippen molar-refractivity contribution >= 4 is 20.2 Å². The molecule has 0 spiro atoms. The number of rotatable bonds is 3. The largest absolute Gasteiger partial charge is 0.118 e. The first-order valence-electron chi connectivity index (χ1n) is 5.35. The number of halogens is 1. The zero-order chi connectivity index (χ0) is 11.5. The van der Waals surface area contributed by atoms with Crippen LogP contribution < -0.4 is 0 Å². The van der Waals surface area contributed by atoms with Gasteiger partial charge in [0.15, 0.2) is 0 Å². The van der Waals surface area contributed by atoms with Crippen molar-refractivity contribution in [2.45, 2.75) is 32.9 Å². The lowest BCUT2D eigenvalue weighted by molar-refractivity contribution is 0.374. The number of hydrogen-bond donors (Lipinski definition) is 0. The van der Waals surface area contributed by atoms with Gasteiger partial charge in [0.1, 0.15) is 0 Å². The Labute approximate surface area is 100 Å². The predicted molar refractivity (Wildman–Crippen MR) is 72.5 cm³/mol. The van der Waals surface area contributed by atoms with Crippen molar-refractivity contribution in [2.75, 3.05) is 6.66 Å². The van der Waals surface area contributed by atoms with Crippen LogP contribution in [0.15, 0.2) is 24.3 Å². The summed E-state index contributed by atoms with van der Waals surface area (Å²) in [4.78, 5) is 0. The number of benzene rings is 1. The summed E-state index contributed by atoms with van der Waals surface area (Å²) in [6.07, 6.45) is 1.24. The summed E-state index contributed by atoms with van der Waals surface area (Å²) in [5, 5.41) is 0.827. The second-order valence-corrected chi connectivity index (χ2v) is 6.87. The molecule has 2 atom stereocenters. The zero-order valence-electron chi connectivity index (χ0n) is 9.97. The molecule has 1 aromatic carbocycles. The summed E-state index contributed by atoms with van der Waals surface area (Å²) in [6.45, 7) is 9.19. The molecular formula is C13H20ClP. The molecule has 0 heterocycles. The van der Waals surface area contributed by atoms with Gasteiger partial charge in [-0.15, -0.1) is 8.58 Å². The van der Waals surface area contributed by atoms with Crippen LogP contribution in [-0.4, -0.2) is 6.66 Å². The minimum Gasteiger partial charge on any atom is -0.118 e. The van der Waals surface area contributed by atoms with Crippen LogP contribution in [-0.2, 0) is 0 Å². The Morgan fingerprint density at radius 2 is 1.73 bits per heavy atom.